The van der Waals surface area contributed by atoms with Crippen LogP contribution in [0.15, 0.2) is 5.38 Å². The van der Waals surface area contributed by atoms with Crippen molar-refractivity contribution in [2.75, 3.05) is 5.32 Å². The van der Waals surface area contributed by atoms with Crippen LogP contribution < -0.4 is 5.32 Å². The van der Waals surface area contributed by atoms with Gasteiger partial charge in [0.05, 0.1) is 12.1 Å². The first-order chi connectivity index (χ1) is 9.69. The number of aliphatic carboxylic acids is 1. The lowest BCUT2D eigenvalue weighted by atomic mass is 9.83. The van der Waals surface area contributed by atoms with E-state index in [1.807, 2.05) is 5.38 Å². The minimum absolute atomic E-state index is 0.156. The summed E-state index contributed by atoms with van der Waals surface area (Å²) in [5, 5.41) is 15.2. The molecule has 0 aromatic carbocycles. The SMILES string of the molecule is CCC(Nc1nc(CCC(=O)O)cs1)C1CCCCC1. The zero-order valence-electron chi connectivity index (χ0n) is 12.1. The second-order valence-corrected chi connectivity index (χ2v) is 6.45. The van der Waals surface area contributed by atoms with Gasteiger partial charge in [-0.25, -0.2) is 4.98 Å². The number of nitrogens with zero attached hydrogens (tertiary/aromatic N) is 1. The van der Waals surface area contributed by atoms with Crippen LogP contribution in [-0.4, -0.2) is 22.1 Å². The summed E-state index contributed by atoms with van der Waals surface area (Å²) in [6, 6.07) is 0.508. The Morgan fingerprint density at radius 1 is 1.50 bits per heavy atom. The van der Waals surface area contributed by atoms with Gasteiger partial charge in [0.1, 0.15) is 0 Å². The molecule has 112 valence electrons. The van der Waals surface area contributed by atoms with E-state index in [0.29, 0.717) is 12.5 Å². The molecular formula is C15H24N2O2S. The predicted octanol–water partition coefficient (Wildman–Crippen LogP) is 3.93. The molecule has 5 heteroatoms. The Kier molecular flexibility index (Phi) is 5.83. The maximum Gasteiger partial charge on any atom is 0.303 e. The van der Waals surface area contributed by atoms with Gasteiger partial charge in [0, 0.05) is 17.8 Å². The highest BCUT2D eigenvalue weighted by atomic mass is 32.1. The summed E-state index contributed by atoms with van der Waals surface area (Å²) in [5.41, 5.74) is 0.887. The number of rotatable bonds is 7. The third-order valence-electron chi connectivity index (χ3n) is 4.11. The summed E-state index contributed by atoms with van der Waals surface area (Å²) >= 11 is 1.59. The Bertz CT molecular complexity index is 427. The molecule has 1 aromatic rings. The van der Waals surface area contributed by atoms with Crippen LogP contribution in [0.4, 0.5) is 5.13 Å². The molecule has 0 amide bonds. The smallest absolute Gasteiger partial charge is 0.303 e. The van der Waals surface area contributed by atoms with Gasteiger partial charge in [0.25, 0.3) is 0 Å². The number of anilines is 1. The van der Waals surface area contributed by atoms with Gasteiger partial charge in [-0.3, -0.25) is 4.79 Å². The zero-order chi connectivity index (χ0) is 14.4. The van der Waals surface area contributed by atoms with Crippen molar-refractivity contribution in [2.45, 2.75) is 64.3 Å². The highest BCUT2D eigenvalue weighted by Gasteiger charge is 2.22. The molecule has 2 rings (SSSR count). The van der Waals surface area contributed by atoms with Crippen molar-refractivity contribution < 1.29 is 9.90 Å². The molecule has 1 aliphatic rings. The number of carbonyl (C=O) groups is 1. The minimum Gasteiger partial charge on any atom is -0.481 e. The Balaban J connectivity index is 1.88. The van der Waals surface area contributed by atoms with E-state index in [9.17, 15) is 4.79 Å². The van der Waals surface area contributed by atoms with Gasteiger partial charge >= 0.3 is 5.97 Å². The molecule has 4 nitrogen and oxygen atoms in total. The fourth-order valence-corrected chi connectivity index (χ4v) is 3.78. The Morgan fingerprint density at radius 3 is 2.90 bits per heavy atom. The fraction of sp³-hybridized carbons (Fsp3) is 0.733. The summed E-state index contributed by atoms with van der Waals surface area (Å²) < 4.78 is 0. The lowest BCUT2D eigenvalue weighted by molar-refractivity contribution is -0.136. The van der Waals surface area contributed by atoms with Crippen LogP contribution in [0.1, 0.15) is 57.6 Å². The summed E-state index contributed by atoms with van der Waals surface area (Å²) in [4.78, 5) is 15.1. The summed E-state index contributed by atoms with van der Waals surface area (Å²) in [6.07, 6.45) is 8.52. The molecule has 1 unspecified atom stereocenters. The second kappa shape index (κ2) is 7.62. The molecule has 1 heterocycles. The predicted molar refractivity (Wildman–Crippen MR) is 82.3 cm³/mol. The Morgan fingerprint density at radius 2 is 2.25 bits per heavy atom. The third kappa shape index (κ3) is 4.47. The van der Waals surface area contributed by atoms with E-state index in [0.717, 1.165) is 23.2 Å². The second-order valence-electron chi connectivity index (χ2n) is 5.59. The molecule has 1 aliphatic carbocycles. The number of hydrogen-bond donors (Lipinski definition) is 2. The van der Waals surface area contributed by atoms with E-state index in [1.165, 1.54) is 32.1 Å². The van der Waals surface area contributed by atoms with E-state index in [2.05, 4.69) is 17.2 Å². The van der Waals surface area contributed by atoms with Gasteiger partial charge in [-0.1, -0.05) is 26.2 Å². The van der Waals surface area contributed by atoms with Gasteiger partial charge in [0.2, 0.25) is 0 Å². The molecule has 0 aliphatic heterocycles. The minimum atomic E-state index is -0.763. The normalized spacial score (nSPS) is 17.9. The number of aromatic nitrogens is 1. The number of aryl methyl sites for hydroxylation is 1. The average molecular weight is 296 g/mol. The molecule has 20 heavy (non-hydrogen) atoms. The lowest BCUT2D eigenvalue weighted by Gasteiger charge is -2.30. The number of carboxylic acids is 1. The monoisotopic (exact) mass is 296 g/mol. The summed E-state index contributed by atoms with van der Waals surface area (Å²) in [5.74, 6) is 0.00118. The van der Waals surface area contributed by atoms with Crippen LogP contribution in [0.25, 0.3) is 0 Å². The van der Waals surface area contributed by atoms with Crippen molar-refractivity contribution in [3.63, 3.8) is 0 Å². The van der Waals surface area contributed by atoms with Crippen molar-refractivity contribution >= 4 is 22.4 Å². The van der Waals surface area contributed by atoms with Crippen LogP contribution in [0, 0.1) is 5.92 Å². The molecule has 2 N–H and O–H groups in total. The summed E-state index contributed by atoms with van der Waals surface area (Å²) in [7, 11) is 0. The van der Waals surface area contributed by atoms with Crippen molar-refractivity contribution in [3.05, 3.63) is 11.1 Å². The van der Waals surface area contributed by atoms with Crippen LogP contribution in [-0.2, 0) is 11.2 Å². The molecule has 0 spiro atoms. The van der Waals surface area contributed by atoms with Gasteiger partial charge in [-0.15, -0.1) is 11.3 Å². The molecule has 1 aromatic heterocycles. The molecule has 0 radical (unpaired) electrons. The van der Waals surface area contributed by atoms with Crippen molar-refractivity contribution in [1.82, 2.24) is 4.98 Å². The van der Waals surface area contributed by atoms with Gasteiger partial charge in [0.15, 0.2) is 5.13 Å². The van der Waals surface area contributed by atoms with E-state index >= 15 is 0 Å². The maximum atomic E-state index is 10.6. The van der Waals surface area contributed by atoms with Gasteiger partial charge in [-0.2, -0.15) is 0 Å². The van der Waals surface area contributed by atoms with Crippen LogP contribution in [0.5, 0.6) is 0 Å². The number of nitrogens with one attached hydrogen (secondary N) is 1. The van der Waals surface area contributed by atoms with Crippen molar-refractivity contribution in [1.29, 1.82) is 0 Å². The molecule has 1 saturated carbocycles. The molecule has 1 atom stereocenters. The lowest BCUT2D eigenvalue weighted by Crippen LogP contribution is -2.30. The first kappa shape index (κ1) is 15.3. The van der Waals surface area contributed by atoms with Gasteiger partial charge in [-0.05, 0) is 25.2 Å². The highest BCUT2D eigenvalue weighted by molar-refractivity contribution is 7.13. The maximum absolute atomic E-state index is 10.6. The third-order valence-corrected chi connectivity index (χ3v) is 4.94. The average Bonchev–Trinajstić information content (AvgIpc) is 2.91. The molecular weight excluding hydrogens is 272 g/mol. The largest absolute Gasteiger partial charge is 0.481 e. The first-order valence-corrected chi connectivity index (χ1v) is 8.49. The van der Waals surface area contributed by atoms with Crippen LogP contribution in [0.2, 0.25) is 0 Å². The van der Waals surface area contributed by atoms with Crippen LogP contribution >= 0.6 is 11.3 Å². The van der Waals surface area contributed by atoms with Crippen LogP contribution in [0.3, 0.4) is 0 Å². The topological polar surface area (TPSA) is 62.2 Å². The van der Waals surface area contributed by atoms with E-state index in [4.69, 9.17) is 5.11 Å². The number of carboxylic acid groups (broad SMARTS) is 1. The quantitative estimate of drug-likeness (QED) is 0.800. The summed E-state index contributed by atoms with van der Waals surface area (Å²) in [6.45, 7) is 2.23. The van der Waals surface area contributed by atoms with E-state index in [1.54, 1.807) is 11.3 Å². The first-order valence-electron chi connectivity index (χ1n) is 7.61. The number of thiazole rings is 1. The fourth-order valence-electron chi connectivity index (χ4n) is 2.97. The standard InChI is InChI=1S/C15H24N2O2S/c1-2-13(11-6-4-3-5-7-11)17-15-16-12(10-20-15)8-9-14(18)19/h10-11,13H,2-9H2,1H3,(H,16,17)(H,18,19). The Hall–Kier alpha value is -1.10. The number of hydrogen-bond acceptors (Lipinski definition) is 4. The van der Waals surface area contributed by atoms with E-state index in [-0.39, 0.29) is 6.42 Å². The molecule has 0 saturated heterocycles. The highest BCUT2D eigenvalue weighted by Crippen LogP contribution is 2.30. The van der Waals surface area contributed by atoms with Crippen molar-refractivity contribution in [3.8, 4) is 0 Å². The molecule has 1 fully saturated rings. The zero-order valence-corrected chi connectivity index (χ0v) is 12.9. The van der Waals surface area contributed by atoms with Crippen molar-refractivity contribution in [2.24, 2.45) is 5.92 Å². The Labute approximate surface area is 124 Å². The van der Waals surface area contributed by atoms with E-state index < -0.39 is 5.97 Å². The van der Waals surface area contributed by atoms with Gasteiger partial charge < -0.3 is 10.4 Å². The molecule has 0 bridgehead atoms.